The summed E-state index contributed by atoms with van der Waals surface area (Å²) in [5.41, 5.74) is 1.09. The second-order valence-electron chi connectivity index (χ2n) is 4.67. The summed E-state index contributed by atoms with van der Waals surface area (Å²) in [6, 6.07) is 4.65. The maximum Gasteiger partial charge on any atom is 0.244 e. The first kappa shape index (κ1) is 15.3. The van der Waals surface area contributed by atoms with Crippen molar-refractivity contribution in [2.24, 2.45) is 0 Å². The fourth-order valence-electron chi connectivity index (χ4n) is 2.04. The molecule has 1 heterocycles. The summed E-state index contributed by atoms with van der Waals surface area (Å²) >= 11 is 0. The van der Waals surface area contributed by atoms with Gasteiger partial charge in [-0.3, -0.25) is 9.59 Å². The zero-order valence-electron chi connectivity index (χ0n) is 12.1. The van der Waals surface area contributed by atoms with Gasteiger partial charge in [0.2, 0.25) is 11.8 Å². The largest absolute Gasteiger partial charge is 0.495 e. The number of ether oxygens (including phenoxy) is 2. The highest BCUT2D eigenvalue weighted by Crippen LogP contribution is 2.28. The number of benzene rings is 1. The fourth-order valence-corrected chi connectivity index (χ4v) is 2.04. The van der Waals surface area contributed by atoms with Gasteiger partial charge in [0.05, 0.1) is 26.0 Å². The van der Waals surface area contributed by atoms with E-state index in [1.165, 1.54) is 14.0 Å². The number of amides is 2. The molecule has 0 aromatic heterocycles. The number of anilines is 2. The van der Waals surface area contributed by atoms with Gasteiger partial charge >= 0.3 is 0 Å². The summed E-state index contributed by atoms with van der Waals surface area (Å²) in [7, 11) is 1.52. The molecule has 0 radical (unpaired) electrons. The lowest BCUT2D eigenvalue weighted by molar-refractivity contribution is -0.120. The van der Waals surface area contributed by atoms with Crippen LogP contribution in [0.1, 0.15) is 6.92 Å². The number of hydrogen-bond acceptors (Lipinski definition) is 5. The van der Waals surface area contributed by atoms with Crippen LogP contribution in [0.3, 0.4) is 0 Å². The Kier molecular flexibility index (Phi) is 5.13. The van der Waals surface area contributed by atoms with Crippen molar-refractivity contribution in [3.8, 4) is 5.75 Å². The van der Waals surface area contributed by atoms with E-state index in [-0.39, 0.29) is 11.8 Å². The van der Waals surface area contributed by atoms with Crippen molar-refractivity contribution in [1.29, 1.82) is 0 Å². The van der Waals surface area contributed by atoms with Crippen molar-refractivity contribution in [3.05, 3.63) is 18.2 Å². The Bertz CT molecular complexity index is 527. The molecule has 0 saturated carbocycles. The highest BCUT2D eigenvalue weighted by molar-refractivity contribution is 5.97. The molecule has 114 valence electrons. The van der Waals surface area contributed by atoms with Gasteiger partial charge in [0, 0.05) is 19.2 Å². The fraction of sp³-hybridized carbons (Fsp3) is 0.429. The van der Waals surface area contributed by atoms with Gasteiger partial charge in [-0.2, -0.15) is 0 Å². The zero-order chi connectivity index (χ0) is 15.2. The molecule has 1 unspecified atom stereocenters. The van der Waals surface area contributed by atoms with E-state index in [0.29, 0.717) is 36.9 Å². The third-order valence-electron chi connectivity index (χ3n) is 3.02. The van der Waals surface area contributed by atoms with Gasteiger partial charge in [-0.1, -0.05) is 0 Å². The summed E-state index contributed by atoms with van der Waals surface area (Å²) in [5, 5.41) is 8.53. The topological polar surface area (TPSA) is 88.7 Å². The molecule has 0 spiro atoms. The average molecular weight is 293 g/mol. The number of nitrogens with one attached hydrogen (secondary N) is 3. The van der Waals surface area contributed by atoms with E-state index in [1.54, 1.807) is 18.2 Å². The molecular weight excluding hydrogens is 274 g/mol. The lowest BCUT2D eigenvalue weighted by Gasteiger charge is -2.23. The number of carbonyl (C=O) groups is 2. The van der Waals surface area contributed by atoms with Crippen molar-refractivity contribution in [3.63, 3.8) is 0 Å². The van der Waals surface area contributed by atoms with Crippen LogP contribution >= 0.6 is 0 Å². The third kappa shape index (κ3) is 4.17. The van der Waals surface area contributed by atoms with E-state index >= 15 is 0 Å². The molecule has 1 saturated heterocycles. The molecule has 7 heteroatoms. The van der Waals surface area contributed by atoms with Gasteiger partial charge in [0.25, 0.3) is 0 Å². The van der Waals surface area contributed by atoms with Crippen molar-refractivity contribution in [1.82, 2.24) is 5.32 Å². The van der Waals surface area contributed by atoms with Crippen LogP contribution in [-0.2, 0) is 14.3 Å². The summed E-state index contributed by atoms with van der Waals surface area (Å²) in [6.07, 6.45) is 0. The maximum absolute atomic E-state index is 12.2. The Labute approximate surface area is 123 Å². The zero-order valence-corrected chi connectivity index (χ0v) is 12.1. The standard InChI is InChI=1S/C14H19N3O4/c1-9(18)16-10-3-4-13(20-2)11(7-10)17-14(19)12-8-21-6-5-15-12/h3-4,7,12,15H,5-6,8H2,1-2H3,(H,16,18)(H,17,19). The number of hydrogen-bond donors (Lipinski definition) is 3. The second kappa shape index (κ2) is 7.05. The Balaban J connectivity index is 2.12. The molecule has 0 aliphatic carbocycles. The molecule has 1 aromatic carbocycles. The summed E-state index contributed by atoms with van der Waals surface area (Å²) in [6.45, 7) is 3.00. The van der Waals surface area contributed by atoms with Crippen LogP contribution in [0.25, 0.3) is 0 Å². The molecule has 1 aromatic rings. The molecule has 7 nitrogen and oxygen atoms in total. The first-order chi connectivity index (χ1) is 10.1. The molecular formula is C14H19N3O4. The van der Waals surface area contributed by atoms with E-state index < -0.39 is 6.04 Å². The molecule has 1 atom stereocenters. The Morgan fingerprint density at radius 1 is 1.38 bits per heavy atom. The van der Waals surface area contributed by atoms with Crippen LogP contribution < -0.4 is 20.7 Å². The van der Waals surface area contributed by atoms with Gasteiger partial charge in [-0.25, -0.2) is 0 Å². The van der Waals surface area contributed by atoms with E-state index in [0.717, 1.165) is 0 Å². The van der Waals surface area contributed by atoms with Crippen molar-refractivity contribution < 1.29 is 19.1 Å². The molecule has 1 aliphatic heterocycles. The summed E-state index contributed by atoms with van der Waals surface area (Å²) < 4.78 is 10.5. The monoisotopic (exact) mass is 293 g/mol. The normalized spacial score (nSPS) is 17.9. The molecule has 1 fully saturated rings. The van der Waals surface area contributed by atoms with Crippen LogP contribution in [0, 0.1) is 0 Å². The highest BCUT2D eigenvalue weighted by Gasteiger charge is 2.22. The van der Waals surface area contributed by atoms with Crippen LogP contribution in [0.4, 0.5) is 11.4 Å². The van der Waals surface area contributed by atoms with Crippen molar-refractivity contribution >= 4 is 23.2 Å². The van der Waals surface area contributed by atoms with E-state index in [2.05, 4.69) is 16.0 Å². The number of carbonyl (C=O) groups excluding carboxylic acids is 2. The van der Waals surface area contributed by atoms with Crippen LogP contribution in [0.2, 0.25) is 0 Å². The predicted molar refractivity (Wildman–Crippen MR) is 78.5 cm³/mol. The summed E-state index contributed by atoms with van der Waals surface area (Å²) in [4.78, 5) is 23.3. The number of rotatable bonds is 4. The lowest BCUT2D eigenvalue weighted by Crippen LogP contribution is -2.48. The quantitative estimate of drug-likeness (QED) is 0.756. The number of methoxy groups -OCH3 is 1. The number of morpholine rings is 1. The molecule has 2 amide bonds. The highest BCUT2D eigenvalue weighted by atomic mass is 16.5. The Hall–Kier alpha value is -2.12. The third-order valence-corrected chi connectivity index (χ3v) is 3.02. The second-order valence-corrected chi connectivity index (χ2v) is 4.67. The first-order valence-corrected chi connectivity index (χ1v) is 6.68. The van der Waals surface area contributed by atoms with Crippen LogP contribution in [-0.4, -0.2) is 44.7 Å². The van der Waals surface area contributed by atoms with E-state index in [9.17, 15) is 9.59 Å². The molecule has 2 rings (SSSR count). The van der Waals surface area contributed by atoms with Gasteiger partial charge in [0.15, 0.2) is 0 Å². The average Bonchev–Trinajstić information content (AvgIpc) is 2.48. The molecule has 21 heavy (non-hydrogen) atoms. The molecule has 1 aliphatic rings. The van der Waals surface area contributed by atoms with E-state index in [4.69, 9.17) is 9.47 Å². The lowest BCUT2D eigenvalue weighted by atomic mass is 10.2. The maximum atomic E-state index is 12.2. The van der Waals surface area contributed by atoms with Crippen molar-refractivity contribution in [2.75, 3.05) is 37.5 Å². The van der Waals surface area contributed by atoms with Gasteiger partial charge < -0.3 is 25.4 Å². The van der Waals surface area contributed by atoms with Gasteiger partial charge in [-0.15, -0.1) is 0 Å². The molecule has 3 N–H and O–H groups in total. The Morgan fingerprint density at radius 3 is 2.81 bits per heavy atom. The van der Waals surface area contributed by atoms with Crippen molar-refractivity contribution in [2.45, 2.75) is 13.0 Å². The minimum atomic E-state index is -0.395. The van der Waals surface area contributed by atoms with Gasteiger partial charge in [-0.05, 0) is 18.2 Å². The smallest absolute Gasteiger partial charge is 0.244 e. The predicted octanol–water partition coefficient (Wildman–Crippen LogP) is 0.580. The van der Waals surface area contributed by atoms with E-state index in [1.807, 2.05) is 0 Å². The minimum Gasteiger partial charge on any atom is -0.495 e. The molecule has 0 bridgehead atoms. The van der Waals surface area contributed by atoms with Crippen LogP contribution in [0.15, 0.2) is 18.2 Å². The SMILES string of the molecule is COc1ccc(NC(C)=O)cc1NC(=O)C1COCCN1. The summed E-state index contributed by atoms with van der Waals surface area (Å²) in [5.74, 6) is 0.141. The van der Waals surface area contributed by atoms with Gasteiger partial charge in [0.1, 0.15) is 11.8 Å². The minimum absolute atomic E-state index is 0.181. The van der Waals surface area contributed by atoms with Crippen LogP contribution in [0.5, 0.6) is 5.75 Å². The first-order valence-electron chi connectivity index (χ1n) is 6.68. The Morgan fingerprint density at radius 2 is 2.19 bits per heavy atom.